The van der Waals surface area contributed by atoms with Gasteiger partial charge in [-0.15, -0.1) is 6.58 Å². The van der Waals surface area contributed by atoms with Crippen LogP contribution in [-0.4, -0.2) is 19.0 Å². The fourth-order valence-corrected chi connectivity index (χ4v) is 1.32. The maximum Gasteiger partial charge on any atom is 0.224 e. The van der Waals surface area contributed by atoms with Gasteiger partial charge in [-0.25, -0.2) is 0 Å². The molecule has 0 bridgehead atoms. The molecular formula is C11H22N2O. The summed E-state index contributed by atoms with van der Waals surface area (Å²) in [7, 11) is 0. The SMILES string of the molecule is C=CCCNC(=O)C(CN)CC(C)C. The Morgan fingerprint density at radius 3 is 2.64 bits per heavy atom. The smallest absolute Gasteiger partial charge is 0.224 e. The van der Waals surface area contributed by atoms with Crippen molar-refractivity contribution in [2.24, 2.45) is 17.6 Å². The minimum absolute atomic E-state index is 0.0418. The van der Waals surface area contributed by atoms with Crippen molar-refractivity contribution in [1.82, 2.24) is 5.32 Å². The molecule has 82 valence electrons. The molecule has 0 aliphatic carbocycles. The predicted octanol–water partition coefficient (Wildman–Crippen LogP) is 1.30. The van der Waals surface area contributed by atoms with Crippen molar-refractivity contribution in [2.75, 3.05) is 13.1 Å². The van der Waals surface area contributed by atoms with Crippen LogP contribution >= 0.6 is 0 Å². The number of nitrogens with two attached hydrogens (primary N) is 1. The quantitative estimate of drug-likeness (QED) is 0.478. The topological polar surface area (TPSA) is 55.1 Å². The first kappa shape index (κ1) is 13.2. The lowest BCUT2D eigenvalue weighted by Gasteiger charge is -2.16. The van der Waals surface area contributed by atoms with E-state index in [1.54, 1.807) is 6.08 Å². The van der Waals surface area contributed by atoms with Crippen LogP contribution in [0.5, 0.6) is 0 Å². The molecule has 0 aliphatic heterocycles. The zero-order chi connectivity index (χ0) is 11.0. The Kier molecular flexibility index (Phi) is 7.11. The monoisotopic (exact) mass is 198 g/mol. The van der Waals surface area contributed by atoms with Crippen LogP contribution in [0.1, 0.15) is 26.7 Å². The normalized spacial score (nSPS) is 12.6. The molecule has 0 fully saturated rings. The van der Waals surface area contributed by atoms with Gasteiger partial charge in [-0.05, 0) is 18.8 Å². The lowest BCUT2D eigenvalue weighted by Crippen LogP contribution is -2.36. The highest BCUT2D eigenvalue weighted by Gasteiger charge is 2.16. The van der Waals surface area contributed by atoms with Crippen LogP contribution in [0, 0.1) is 11.8 Å². The summed E-state index contributed by atoms with van der Waals surface area (Å²) in [6.07, 6.45) is 3.46. The second-order valence-electron chi connectivity index (χ2n) is 3.93. The van der Waals surface area contributed by atoms with E-state index in [9.17, 15) is 4.79 Å². The zero-order valence-corrected chi connectivity index (χ0v) is 9.25. The molecule has 3 N–H and O–H groups in total. The highest BCUT2D eigenvalue weighted by atomic mass is 16.1. The Morgan fingerprint density at radius 2 is 2.21 bits per heavy atom. The number of hydrogen-bond donors (Lipinski definition) is 2. The molecule has 0 radical (unpaired) electrons. The van der Waals surface area contributed by atoms with Gasteiger partial charge in [0.25, 0.3) is 0 Å². The van der Waals surface area contributed by atoms with Crippen molar-refractivity contribution >= 4 is 5.91 Å². The van der Waals surface area contributed by atoms with E-state index >= 15 is 0 Å². The van der Waals surface area contributed by atoms with Gasteiger partial charge in [0, 0.05) is 13.1 Å². The molecule has 0 saturated carbocycles. The lowest BCUT2D eigenvalue weighted by molar-refractivity contribution is -0.125. The van der Waals surface area contributed by atoms with Crippen molar-refractivity contribution < 1.29 is 4.79 Å². The minimum atomic E-state index is -0.0418. The number of carbonyl (C=O) groups excluding carboxylic acids is 1. The average Bonchev–Trinajstić information content (AvgIpc) is 2.14. The Bertz CT molecular complexity index is 178. The summed E-state index contributed by atoms with van der Waals surface area (Å²) in [5.74, 6) is 0.538. The predicted molar refractivity (Wildman–Crippen MR) is 59.8 cm³/mol. The Balaban J connectivity index is 3.85. The number of carbonyl (C=O) groups is 1. The van der Waals surface area contributed by atoms with Crippen LogP contribution in [0.2, 0.25) is 0 Å². The van der Waals surface area contributed by atoms with E-state index in [-0.39, 0.29) is 11.8 Å². The Labute approximate surface area is 86.8 Å². The number of hydrogen-bond acceptors (Lipinski definition) is 2. The van der Waals surface area contributed by atoms with E-state index in [1.807, 2.05) is 0 Å². The largest absolute Gasteiger partial charge is 0.356 e. The summed E-state index contributed by atoms with van der Waals surface area (Å²) in [5, 5.41) is 2.85. The number of rotatable bonds is 7. The summed E-state index contributed by atoms with van der Waals surface area (Å²) in [4.78, 5) is 11.6. The molecule has 0 aromatic rings. The van der Waals surface area contributed by atoms with Gasteiger partial charge in [-0.1, -0.05) is 19.9 Å². The van der Waals surface area contributed by atoms with E-state index < -0.39 is 0 Å². The van der Waals surface area contributed by atoms with Crippen LogP contribution in [0.25, 0.3) is 0 Å². The van der Waals surface area contributed by atoms with Crippen molar-refractivity contribution in [2.45, 2.75) is 26.7 Å². The minimum Gasteiger partial charge on any atom is -0.356 e. The first-order valence-corrected chi connectivity index (χ1v) is 5.20. The lowest BCUT2D eigenvalue weighted by atomic mass is 9.96. The standard InChI is InChI=1S/C11H22N2O/c1-4-5-6-13-11(14)10(8-12)7-9(2)3/h4,9-10H,1,5-8,12H2,2-3H3,(H,13,14). The molecule has 3 heteroatoms. The fourth-order valence-electron chi connectivity index (χ4n) is 1.32. The van der Waals surface area contributed by atoms with Crippen molar-refractivity contribution in [3.63, 3.8) is 0 Å². The molecule has 1 unspecified atom stereocenters. The van der Waals surface area contributed by atoms with Gasteiger partial charge < -0.3 is 11.1 Å². The van der Waals surface area contributed by atoms with Crippen LogP contribution < -0.4 is 11.1 Å². The molecule has 0 rings (SSSR count). The molecular weight excluding hydrogens is 176 g/mol. The van der Waals surface area contributed by atoms with E-state index in [4.69, 9.17) is 5.73 Å². The Hall–Kier alpha value is -0.830. The third-order valence-electron chi connectivity index (χ3n) is 2.06. The molecule has 0 aromatic carbocycles. The van der Waals surface area contributed by atoms with Crippen molar-refractivity contribution in [1.29, 1.82) is 0 Å². The molecule has 0 saturated heterocycles. The first-order valence-electron chi connectivity index (χ1n) is 5.20. The zero-order valence-electron chi connectivity index (χ0n) is 9.25. The van der Waals surface area contributed by atoms with E-state index in [2.05, 4.69) is 25.7 Å². The molecule has 0 spiro atoms. The summed E-state index contributed by atoms with van der Waals surface area (Å²) < 4.78 is 0. The third kappa shape index (κ3) is 5.75. The highest BCUT2D eigenvalue weighted by Crippen LogP contribution is 2.10. The summed E-state index contributed by atoms with van der Waals surface area (Å²) in [6, 6.07) is 0. The van der Waals surface area contributed by atoms with Crippen LogP contribution in [0.3, 0.4) is 0 Å². The van der Waals surface area contributed by atoms with Gasteiger partial charge >= 0.3 is 0 Å². The molecule has 0 aromatic heterocycles. The summed E-state index contributed by atoms with van der Waals surface area (Å²) >= 11 is 0. The molecule has 1 amide bonds. The molecule has 1 atom stereocenters. The average molecular weight is 198 g/mol. The molecule has 3 nitrogen and oxygen atoms in total. The van der Waals surface area contributed by atoms with Gasteiger partial charge in [-0.3, -0.25) is 4.79 Å². The van der Waals surface area contributed by atoms with Gasteiger partial charge in [0.2, 0.25) is 5.91 Å². The van der Waals surface area contributed by atoms with Crippen molar-refractivity contribution in [3.05, 3.63) is 12.7 Å². The van der Waals surface area contributed by atoms with E-state index in [1.165, 1.54) is 0 Å². The van der Waals surface area contributed by atoms with E-state index in [0.717, 1.165) is 12.8 Å². The maximum absolute atomic E-state index is 11.6. The first-order chi connectivity index (χ1) is 6.61. The van der Waals surface area contributed by atoms with Gasteiger partial charge in [0.15, 0.2) is 0 Å². The Morgan fingerprint density at radius 1 is 1.57 bits per heavy atom. The summed E-state index contributed by atoms with van der Waals surface area (Å²) in [6.45, 7) is 8.88. The van der Waals surface area contributed by atoms with Gasteiger partial charge in [0.1, 0.15) is 0 Å². The molecule has 14 heavy (non-hydrogen) atoms. The fraction of sp³-hybridized carbons (Fsp3) is 0.727. The maximum atomic E-state index is 11.6. The van der Waals surface area contributed by atoms with Gasteiger partial charge in [-0.2, -0.15) is 0 Å². The van der Waals surface area contributed by atoms with Crippen LogP contribution in [-0.2, 0) is 4.79 Å². The molecule has 0 aliphatic rings. The summed E-state index contributed by atoms with van der Waals surface area (Å²) in [5.41, 5.74) is 5.55. The molecule has 0 heterocycles. The van der Waals surface area contributed by atoms with Crippen molar-refractivity contribution in [3.8, 4) is 0 Å². The van der Waals surface area contributed by atoms with Crippen LogP contribution in [0.15, 0.2) is 12.7 Å². The second-order valence-corrected chi connectivity index (χ2v) is 3.93. The van der Waals surface area contributed by atoms with Gasteiger partial charge in [0.05, 0.1) is 5.92 Å². The second kappa shape index (κ2) is 7.56. The highest BCUT2D eigenvalue weighted by molar-refractivity contribution is 5.78. The van der Waals surface area contributed by atoms with E-state index in [0.29, 0.717) is 19.0 Å². The number of amides is 1. The number of nitrogens with one attached hydrogen (secondary N) is 1. The third-order valence-corrected chi connectivity index (χ3v) is 2.06. The van der Waals surface area contributed by atoms with Crippen LogP contribution in [0.4, 0.5) is 0 Å².